The van der Waals surface area contributed by atoms with Crippen LogP contribution in [0.15, 0.2) is 54.9 Å². The highest BCUT2D eigenvalue weighted by Gasteiger charge is 2.14. The van der Waals surface area contributed by atoms with Crippen LogP contribution in [0.1, 0.15) is 26.3 Å². The number of fused-ring (bicyclic) bond motifs is 1. The minimum absolute atomic E-state index is 0.0904. The van der Waals surface area contributed by atoms with Gasteiger partial charge in [-0.1, -0.05) is 45.0 Å². The van der Waals surface area contributed by atoms with Crippen molar-refractivity contribution in [3.8, 4) is 11.6 Å². The van der Waals surface area contributed by atoms with Gasteiger partial charge < -0.3 is 4.74 Å². The van der Waals surface area contributed by atoms with E-state index in [4.69, 9.17) is 4.74 Å². The van der Waals surface area contributed by atoms with Gasteiger partial charge in [-0.2, -0.15) is 0 Å². The smallest absolute Gasteiger partial charge is 0.230 e. The lowest BCUT2D eigenvalue weighted by molar-refractivity contribution is 0.465. The number of nitrogens with zero attached hydrogens (tertiary/aromatic N) is 2. The molecule has 3 rings (SSSR count). The van der Waals surface area contributed by atoms with E-state index in [9.17, 15) is 0 Å². The summed E-state index contributed by atoms with van der Waals surface area (Å²) < 4.78 is 5.98. The van der Waals surface area contributed by atoms with Gasteiger partial charge in [0.05, 0.1) is 10.9 Å². The molecule has 0 atom stereocenters. The third kappa shape index (κ3) is 2.87. The summed E-state index contributed by atoms with van der Waals surface area (Å²) in [6.45, 7) is 6.56. The molecule has 1 aromatic heterocycles. The van der Waals surface area contributed by atoms with E-state index in [1.807, 2.05) is 36.4 Å². The van der Waals surface area contributed by atoms with E-state index >= 15 is 0 Å². The van der Waals surface area contributed by atoms with Crippen LogP contribution in [0.5, 0.6) is 11.6 Å². The van der Waals surface area contributed by atoms with Crippen LogP contribution in [0.4, 0.5) is 0 Å². The fraction of sp³-hybridized carbons (Fsp3) is 0.222. The Morgan fingerprint density at radius 2 is 1.71 bits per heavy atom. The summed E-state index contributed by atoms with van der Waals surface area (Å²) in [5.41, 5.74) is 2.21. The van der Waals surface area contributed by atoms with Gasteiger partial charge in [0.15, 0.2) is 0 Å². The molecule has 3 nitrogen and oxygen atoms in total. The quantitative estimate of drug-likeness (QED) is 0.680. The SMILES string of the molecule is CC(C)(C)c1cccc(Oc2ncnc3ccccc23)c1. The maximum atomic E-state index is 5.98. The number of benzene rings is 2. The topological polar surface area (TPSA) is 35.0 Å². The molecule has 0 radical (unpaired) electrons. The summed E-state index contributed by atoms with van der Waals surface area (Å²) in [5.74, 6) is 1.39. The molecule has 0 aliphatic carbocycles. The van der Waals surface area contributed by atoms with Crippen molar-refractivity contribution in [2.45, 2.75) is 26.2 Å². The highest BCUT2D eigenvalue weighted by molar-refractivity contribution is 5.83. The lowest BCUT2D eigenvalue weighted by Crippen LogP contribution is -2.10. The van der Waals surface area contributed by atoms with E-state index in [1.165, 1.54) is 11.9 Å². The van der Waals surface area contributed by atoms with Gasteiger partial charge in [0.2, 0.25) is 5.88 Å². The first-order valence-electron chi connectivity index (χ1n) is 7.02. The molecule has 3 aromatic rings. The first kappa shape index (κ1) is 13.6. The summed E-state index contributed by atoms with van der Waals surface area (Å²) in [6.07, 6.45) is 1.53. The van der Waals surface area contributed by atoms with Crippen LogP contribution >= 0.6 is 0 Å². The molecule has 21 heavy (non-hydrogen) atoms. The fourth-order valence-electron chi connectivity index (χ4n) is 2.20. The molecule has 0 amide bonds. The van der Waals surface area contributed by atoms with Gasteiger partial charge in [-0.15, -0.1) is 0 Å². The number of hydrogen-bond donors (Lipinski definition) is 0. The van der Waals surface area contributed by atoms with Gasteiger partial charge >= 0.3 is 0 Å². The van der Waals surface area contributed by atoms with Gasteiger partial charge in [0.25, 0.3) is 0 Å². The normalized spacial score (nSPS) is 11.6. The maximum Gasteiger partial charge on any atom is 0.230 e. The van der Waals surface area contributed by atoms with Gasteiger partial charge in [-0.3, -0.25) is 0 Å². The molecule has 2 aromatic carbocycles. The molecule has 0 aliphatic rings. The van der Waals surface area contributed by atoms with Gasteiger partial charge in [-0.25, -0.2) is 9.97 Å². The van der Waals surface area contributed by atoms with Crippen molar-refractivity contribution in [3.05, 3.63) is 60.4 Å². The van der Waals surface area contributed by atoms with E-state index in [-0.39, 0.29) is 5.41 Å². The highest BCUT2D eigenvalue weighted by atomic mass is 16.5. The van der Waals surface area contributed by atoms with Crippen molar-refractivity contribution >= 4 is 10.9 Å². The van der Waals surface area contributed by atoms with Crippen LogP contribution in [-0.4, -0.2) is 9.97 Å². The largest absolute Gasteiger partial charge is 0.438 e. The number of aromatic nitrogens is 2. The summed E-state index contributed by atoms with van der Waals surface area (Å²) in [6, 6.07) is 16.0. The molecule has 3 heteroatoms. The van der Waals surface area contributed by atoms with Crippen molar-refractivity contribution in [3.63, 3.8) is 0 Å². The standard InChI is InChI=1S/C18H18N2O/c1-18(2,3)13-7-6-8-14(11-13)21-17-15-9-4-5-10-16(15)19-12-20-17/h4-12H,1-3H3. The second-order valence-electron chi connectivity index (χ2n) is 6.08. The van der Waals surface area contributed by atoms with E-state index in [1.54, 1.807) is 0 Å². The van der Waals surface area contributed by atoms with Crippen LogP contribution in [0, 0.1) is 0 Å². The molecular formula is C18H18N2O. The molecule has 0 bridgehead atoms. The minimum Gasteiger partial charge on any atom is -0.438 e. The Bertz CT molecular complexity index is 770. The number of para-hydroxylation sites is 1. The average molecular weight is 278 g/mol. The van der Waals surface area contributed by atoms with Crippen LogP contribution < -0.4 is 4.74 Å². The first-order valence-corrected chi connectivity index (χ1v) is 7.02. The predicted molar refractivity (Wildman–Crippen MR) is 84.8 cm³/mol. The van der Waals surface area contributed by atoms with E-state index in [2.05, 4.69) is 42.9 Å². The van der Waals surface area contributed by atoms with Gasteiger partial charge in [0, 0.05) is 0 Å². The average Bonchev–Trinajstić information content (AvgIpc) is 2.47. The zero-order valence-corrected chi connectivity index (χ0v) is 12.5. The summed E-state index contributed by atoms with van der Waals surface area (Å²) in [5, 5.41) is 0.918. The van der Waals surface area contributed by atoms with Crippen molar-refractivity contribution < 1.29 is 4.74 Å². The maximum absolute atomic E-state index is 5.98. The molecule has 0 saturated carbocycles. The minimum atomic E-state index is 0.0904. The Morgan fingerprint density at radius 1 is 0.905 bits per heavy atom. The van der Waals surface area contributed by atoms with Gasteiger partial charge in [0.1, 0.15) is 12.1 Å². The summed E-state index contributed by atoms with van der Waals surface area (Å²) in [4.78, 5) is 8.51. The third-order valence-corrected chi connectivity index (χ3v) is 3.42. The zero-order chi connectivity index (χ0) is 14.9. The summed E-state index contributed by atoms with van der Waals surface area (Å²) in [7, 11) is 0. The second-order valence-corrected chi connectivity index (χ2v) is 6.08. The summed E-state index contributed by atoms with van der Waals surface area (Å²) >= 11 is 0. The molecule has 106 valence electrons. The molecule has 0 aliphatic heterocycles. The number of hydrogen-bond acceptors (Lipinski definition) is 3. The van der Waals surface area contributed by atoms with E-state index in [0.29, 0.717) is 5.88 Å². The fourth-order valence-corrected chi connectivity index (χ4v) is 2.20. The monoisotopic (exact) mass is 278 g/mol. The lowest BCUT2D eigenvalue weighted by atomic mass is 9.87. The van der Waals surface area contributed by atoms with E-state index in [0.717, 1.165) is 16.7 Å². The Hall–Kier alpha value is -2.42. The molecular weight excluding hydrogens is 260 g/mol. The van der Waals surface area contributed by atoms with Crippen LogP contribution in [0.25, 0.3) is 10.9 Å². The van der Waals surface area contributed by atoms with Crippen molar-refractivity contribution in [2.24, 2.45) is 0 Å². The first-order chi connectivity index (χ1) is 10.0. The molecule has 0 unspecified atom stereocenters. The Balaban J connectivity index is 1.99. The molecule has 0 saturated heterocycles. The molecule has 0 fully saturated rings. The molecule has 0 spiro atoms. The van der Waals surface area contributed by atoms with Crippen molar-refractivity contribution in [1.82, 2.24) is 9.97 Å². The third-order valence-electron chi connectivity index (χ3n) is 3.42. The van der Waals surface area contributed by atoms with Crippen LogP contribution in [-0.2, 0) is 5.41 Å². The van der Waals surface area contributed by atoms with E-state index < -0.39 is 0 Å². The van der Waals surface area contributed by atoms with Gasteiger partial charge in [-0.05, 0) is 35.2 Å². The molecule has 0 N–H and O–H groups in total. The predicted octanol–water partition coefficient (Wildman–Crippen LogP) is 4.72. The van der Waals surface area contributed by atoms with Crippen LogP contribution in [0.3, 0.4) is 0 Å². The van der Waals surface area contributed by atoms with Crippen LogP contribution in [0.2, 0.25) is 0 Å². The lowest BCUT2D eigenvalue weighted by Gasteiger charge is -2.19. The molecule has 1 heterocycles. The van der Waals surface area contributed by atoms with Crippen molar-refractivity contribution in [2.75, 3.05) is 0 Å². The second kappa shape index (κ2) is 5.17. The van der Waals surface area contributed by atoms with Crippen molar-refractivity contribution in [1.29, 1.82) is 0 Å². The Morgan fingerprint density at radius 3 is 2.52 bits per heavy atom. The number of ether oxygens (including phenoxy) is 1. The Labute approximate surface area is 124 Å². The number of rotatable bonds is 2. The Kier molecular flexibility index (Phi) is 3.34. The zero-order valence-electron chi connectivity index (χ0n) is 12.5. The highest BCUT2D eigenvalue weighted by Crippen LogP contribution is 2.30.